The molecule has 100 valence electrons. The summed E-state index contributed by atoms with van der Waals surface area (Å²) in [5.41, 5.74) is 0.924. The number of imide groups is 1. The van der Waals surface area contributed by atoms with Crippen LogP contribution in [0, 0.1) is 0 Å². The summed E-state index contributed by atoms with van der Waals surface area (Å²) in [4.78, 5) is 26.9. The monoisotopic (exact) mass is 260 g/mol. The molecule has 2 heterocycles. The zero-order valence-electron chi connectivity index (χ0n) is 10.6. The van der Waals surface area contributed by atoms with Crippen LogP contribution in [0.5, 0.6) is 0 Å². The van der Waals surface area contributed by atoms with Gasteiger partial charge in [-0.15, -0.1) is 0 Å². The van der Waals surface area contributed by atoms with E-state index in [-0.39, 0.29) is 12.1 Å². The predicted octanol–water partition coefficient (Wildman–Crippen LogP) is 2.40. The van der Waals surface area contributed by atoms with Crippen LogP contribution in [0.4, 0.5) is 9.59 Å². The molecule has 0 bridgehead atoms. The zero-order chi connectivity index (χ0) is 13.2. The van der Waals surface area contributed by atoms with Gasteiger partial charge in [-0.25, -0.2) is 14.5 Å². The first-order valence-corrected chi connectivity index (χ1v) is 6.58. The molecular formula is C14H16N2O3. The van der Waals surface area contributed by atoms with E-state index in [1.807, 2.05) is 30.3 Å². The Hall–Kier alpha value is -2.04. The highest BCUT2D eigenvalue weighted by molar-refractivity contribution is 5.92. The Balaban J connectivity index is 1.71. The number of amides is 3. The van der Waals surface area contributed by atoms with Crippen LogP contribution in [0.3, 0.4) is 0 Å². The molecule has 1 unspecified atom stereocenters. The van der Waals surface area contributed by atoms with E-state index in [2.05, 4.69) is 0 Å². The first kappa shape index (κ1) is 12.0. The lowest BCUT2D eigenvalue weighted by molar-refractivity contribution is 0.130. The predicted molar refractivity (Wildman–Crippen MR) is 68.6 cm³/mol. The van der Waals surface area contributed by atoms with E-state index in [9.17, 15) is 9.59 Å². The molecule has 2 aliphatic heterocycles. The fourth-order valence-corrected chi connectivity index (χ4v) is 2.54. The average Bonchev–Trinajstić information content (AvgIpc) is 3.08. The first-order chi connectivity index (χ1) is 9.25. The van der Waals surface area contributed by atoms with Crippen molar-refractivity contribution in [1.29, 1.82) is 0 Å². The van der Waals surface area contributed by atoms with Gasteiger partial charge in [0.05, 0.1) is 6.54 Å². The van der Waals surface area contributed by atoms with Crippen molar-refractivity contribution in [3.8, 4) is 0 Å². The Bertz CT molecular complexity index is 483. The van der Waals surface area contributed by atoms with Gasteiger partial charge < -0.3 is 9.64 Å². The molecule has 3 amide bonds. The number of ether oxygens (including phenoxy) is 1. The van der Waals surface area contributed by atoms with Gasteiger partial charge in [-0.05, 0) is 18.4 Å². The molecule has 1 atom stereocenters. The number of carbonyl (C=O) groups is 2. The fraction of sp³-hybridized carbons (Fsp3) is 0.429. The van der Waals surface area contributed by atoms with Crippen molar-refractivity contribution in [2.45, 2.75) is 18.9 Å². The Kier molecular flexibility index (Phi) is 3.11. The van der Waals surface area contributed by atoms with Crippen molar-refractivity contribution < 1.29 is 14.3 Å². The molecule has 0 spiro atoms. The third-order valence-corrected chi connectivity index (χ3v) is 3.59. The molecule has 0 aliphatic carbocycles. The van der Waals surface area contributed by atoms with Crippen molar-refractivity contribution in [3.05, 3.63) is 35.9 Å². The van der Waals surface area contributed by atoms with Crippen molar-refractivity contribution >= 4 is 12.1 Å². The van der Waals surface area contributed by atoms with Gasteiger partial charge in [0.1, 0.15) is 6.10 Å². The van der Waals surface area contributed by atoms with Crippen molar-refractivity contribution in [1.82, 2.24) is 9.80 Å². The van der Waals surface area contributed by atoms with Crippen molar-refractivity contribution in [2.75, 3.05) is 19.6 Å². The maximum Gasteiger partial charge on any atom is 0.418 e. The van der Waals surface area contributed by atoms with Gasteiger partial charge >= 0.3 is 12.1 Å². The number of nitrogens with zero attached hydrogens (tertiary/aromatic N) is 2. The van der Waals surface area contributed by atoms with Crippen LogP contribution in [0.1, 0.15) is 24.5 Å². The molecule has 5 heteroatoms. The molecule has 1 aromatic rings. The van der Waals surface area contributed by atoms with Crippen LogP contribution >= 0.6 is 0 Å². The minimum absolute atomic E-state index is 0.221. The van der Waals surface area contributed by atoms with E-state index in [1.54, 1.807) is 4.90 Å². The largest absolute Gasteiger partial charge is 0.439 e. The second-order valence-corrected chi connectivity index (χ2v) is 4.87. The summed E-state index contributed by atoms with van der Waals surface area (Å²) in [5.74, 6) is 0. The molecule has 19 heavy (non-hydrogen) atoms. The van der Waals surface area contributed by atoms with E-state index in [4.69, 9.17) is 4.74 Å². The Morgan fingerprint density at radius 1 is 1.16 bits per heavy atom. The molecule has 2 aliphatic rings. The second-order valence-electron chi connectivity index (χ2n) is 4.87. The third-order valence-electron chi connectivity index (χ3n) is 3.59. The minimum Gasteiger partial charge on any atom is -0.439 e. The number of carbonyl (C=O) groups excluding carboxylic acids is 2. The van der Waals surface area contributed by atoms with Gasteiger partial charge in [-0.1, -0.05) is 30.3 Å². The number of cyclic esters (lactones) is 1. The van der Waals surface area contributed by atoms with Crippen LogP contribution in [0.25, 0.3) is 0 Å². The Morgan fingerprint density at radius 3 is 2.53 bits per heavy atom. The topological polar surface area (TPSA) is 49.9 Å². The zero-order valence-corrected chi connectivity index (χ0v) is 10.6. The Morgan fingerprint density at radius 2 is 1.84 bits per heavy atom. The van der Waals surface area contributed by atoms with E-state index in [0.29, 0.717) is 6.54 Å². The van der Waals surface area contributed by atoms with Crippen molar-refractivity contribution in [2.24, 2.45) is 0 Å². The average molecular weight is 260 g/mol. The summed E-state index contributed by atoms with van der Waals surface area (Å²) >= 11 is 0. The highest BCUT2D eigenvalue weighted by Gasteiger charge is 2.39. The quantitative estimate of drug-likeness (QED) is 0.779. The molecule has 0 radical (unpaired) electrons. The molecule has 1 aromatic carbocycles. The van der Waals surface area contributed by atoms with E-state index < -0.39 is 6.09 Å². The number of rotatable bonds is 1. The summed E-state index contributed by atoms with van der Waals surface area (Å²) in [7, 11) is 0. The van der Waals surface area contributed by atoms with Gasteiger partial charge in [0, 0.05) is 13.1 Å². The summed E-state index contributed by atoms with van der Waals surface area (Å²) in [6, 6.07) is 9.29. The molecule has 5 nitrogen and oxygen atoms in total. The third kappa shape index (κ3) is 2.28. The second kappa shape index (κ2) is 4.91. The molecular weight excluding hydrogens is 244 g/mol. The van der Waals surface area contributed by atoms with E-state index in [1.165, 1.54) is 4.90 Å². The van der Waals surface area contributed by atoms with Crippen LogP contribution in [-0.4, -0.2) is 41.6 Å². The van der Waals surface area contributed by atoms with Gasteiger partial charge in [0.15, 0.2) is 0 Å². The van der Waals surface area contributed by atoms with Crippen LogP contribution in [0.15, 0.2) is 30.3 Å². The summed E-state index contributed by atoms with van der Waals surface area (Å²) in [6.45, 7) is 1.77. The fourth-order valence-electron chi connectivity index (χ4n) is 2.54. The lowest BCUT2D eigenvalue weighted by Crippen LogP contribution is -2.42. The number of hydrogen-bond donors (Lipinski definition) is 0. The number of urea groups is 1. The van der Waals surface area contributed by atoms with Crippen LogP contribution < -0.4 is 0 Å². The number of likely N-dealkylation sites (tertiary alicyclic amines) is 1. The lowest BCUT2D eigenvalue weighted by Gasteiger charge is -2.20. The van der Waals surface area contributed by atoms with Crippen LogP contribution in [0.2, 0.25) is 0 Å². The number of hydrogen-bond acceptors (Lipinski definition) is 3. The van der Waals surface area contributed by atoms with Crippen molar-refractivity contribution in [3.63, 3.8) is 0 Å². The highest BCUT2D eigenvalue weighted by atomic mass is 16.6. The van der Waals surface area contributed by atoms with Crippen LogP contribution in [-0.2, 0) is 4.74 Å². The molecule has 2 fully saturated rings. The maximum absolute atomic E-state index is 12.2. The van der Waals surface area contributed by atoms with Gasteiger partial charge in [0.25, 0.3) is 0 Å². The molecule has 2 saturated heterocycles. The lowest BCUT2D eigenvalue weighted by atomic mass is 10.1. The summed E-state index contributed by atoms with van der Waals surface area (Å²) < 4.78 is 5.28. The standard InChI is InChI=1S/C14H16N2O3/c17-13(15-8-4-5-9-15)16-10-12(19-14(16)18)11-6-2-1-3-7-11/h1-3,6-7,12H,4-5,8-10H2. The first-order valence-electron chi connectivity index (χ1n) is 6.58. The number of benzene rings is 1. The molecule has 0 saturated carbocycles. The van der Waals surface area contributed by atoms with Gasteiger partial charge in [-0.3, -0.25) is 0 Å². The van der Waals surface area contributed by atoms with E-state index in [0.717, 1.165) is 31.5 Å². The molecule has 0 aromatic heterocycles. The summed E-state index contributed by atoms with van der Waals surface area (Å²) in [6.07, 6.45) is 1.14. The minimum atomic E-state index is -0.536. The summed E-state index contributed by atoms with van der Waals surface area (Å²) in [5, 5.41) is 0. The molecule has 0 N–H and O–H groups in total. The van der Waals surface area contributed by atoms with E-state index >= 15 is 0 Å². The highest BCUT2D eigenvalue weighted by Crippen LogP contribution is 2.27. The Labute approximate surface area is 111 Å². The van der Waals surface area contributed by atoms with Gasteiger partial charge in [-0.2, -0.15) is 0 Å². The normalized spacial score (nSPS) is 22.7. The SMILES string of the molecule is O=C1OC(c2ccccc2)CN1C(=O)N1CCCC1. The molecule has 3 rings (SSSR count). The smallest absolute Gasteiger partial charge is 0.418 e. The van der Waals surface area contributed by atoms with Gasteiger partial charge in [0.2, 0.25) is 0 Å². The maximum atomic E-state index is 12.2.